The Bertz CT molecular complexity index is 874. The summed E-state index contributed by atoms with van der Waals surface area (Å²) in [4.78, 5) is 28.3. The summed E-state index contributed by atoms with van der Waals surface area (Å²) < 4.78 is 4.98. The van der Waals surface area contributed by atoms with Gasteiger partial charge in [0.1, 0.15) is 5.00 Å². The topological polar surface area (TPSA) is 58.6 Å². The fraction of sp³-hybridized carbons (Fsp3) is 0.429. The van der Waals surface area contributed by atoms with Gasteiger partial charge in [-0.3, -0.25) is 9.69 Å². The van der Waals surface area contributed by atoms with Crippen LogP contribution in [-0.2, 0) is 35.3 Å². The van der Waals surface area contributed by atoms with Crippen LogP contribution in [-0.4, -0.2) is 37.0 Å². The number of rotatable bonds is 4. The molecule has 0 fully saturated rings. The number of methoxy groups -OCH3 is 1. The normalized spacial score (nSPS) is 16.3. The van der Waals surface area contributed by atoms with E-state index in [1.165, 1.54) is 34.5 Å². The molecule has 4 rings (SSSR count). The van der Waals surface area contributed by atoms with Gasteiger partial charge in [-0.2, -0.15) is 0 Å². The third-order valence-electron chi connectivity index (χ3n) is 5.39. The summed E-state index contributed by atoms with van der Waals surface area (Å²) in [5.41, 5.74) is 4.29. The molecule has 1 aliphatic carbocycles. The molecule has 1 aromatic carbocycles. The van der Waals surface area contributed by atoms with Gasteiger partial charge in [0.15, 0.2) is 0 Å². The molecule has 1 N–H and O–H groups in total. The zero-order chi connectivity index (χ0) is 18.8. The highest BCUT2D eigenvalue weighted by molar-refractivity contribution is 7.17. The molecule has 5 nitrogen and oxygen atoms in total. The quantitative estimate of drug-likeness (QED) is 0.821. The highest BCUT2D eigenvalue weighted by Gasteiger charge is 2.27. The molecule has 0 saturated heterocycles. The third-order valence-corrected chi connectivity index (χ3v) is 6.60. The van der Waals surface area contributed by atoms with E-state index in [0.717, 1.165) is 50.8 Å². The molecular formula is C21H24N2O3S. The van der Waals surface area contributed by atoms with Crippen LogP contribution in [0.15, 0.2) is 24.3 Å². The first-order chi connectivity index (χ1) is 13.2. The third kappa shape index (κ3) is 3.77. The molecule has 2 aliphatic rings. The predicted molar refractivity (Wildman–Crippen MR) is 106 cm³/mol. The number of nitrogens with one attached hydrogen (secondary N) is 1. The number of thiophene rings is 1. The molecule has 27 heavy (non-hydrogen) atoms. The van der Waals surface area contributed by atoms with Crippen LogP contribution >= 0.6 is 11.3 Å². The maximum absolute atomic E-state index is 12.7. The molecule has 2 aromatic rings. The Kier molecular flexibility index (Phi) is 5.27. The van der Waals surface area contributed by atoms with Crippen molar-refractivity contribution < 1.29 is 14.3 Å². The predicted octanol–water partition coefficient (Wildman–Crippen LogP) is 3.41. The molecule has 0 unspecified atom stereocenters. The van der Waals surface area contributed by atoms with Gasteiger partial charge in [-0.15, -0.1) is 11.3 Å². The van der Waals surface area contributed by atoms with E-state index in [4.69, 9.17) is 4.74 Å². The summed E-state index contributed by atoms with van der Waals surface area (Å²) in [5.74, 6) is -0.422. The first kappa shape index (κ1) is 18.2. The molecule has 1 aliphatic heterocycles. The zero-order valence-corrected chi connectivity index (χ0v) is 16.4. The largest absolute Gasteiger partial charge is 0.465 e. The number of hydrogen-bond donors (Lipinski definition) is 1. The molecular weight excluding hydrogens is 360 g/mol. The molecule has 0 atom stereocenters. The van der Waals surface area contributed by atoms with E-state index in [1.807, 2.05) is 6.07 Å². The monoisotopic (exact) mass is 384 g/mol. The summed E-state index contributed by atoms with van der Waals surface area (Å²) in [6.07, 6.45) is 5.03. The van der Waals surface area contributed by atoms with E-state index in [-0.39, 0.29) is 11.9 Å². The fourth-order valence-corrected chi connectivity index (χ4v) is 5.32. The van der Waals surface area contributed by atoms with Crippen LogP contribution in [0.1, 0.15) is 44.8 Å². The second-order valence-electron chi connectivity index (χ2n) is 7.18. The SMILES string of the molecule is COC(=O)c1c(NC(=O)CN2CCc3ccccc3C2)sc2c1CCCC2. The van der Waals surface area contributed by atoms with Gasteiger partial charge >= 0.3 is 5.97 Å². The fourth-order valence-electron chi connectivity index (χ4n) is 4.03. The van der Waals surface area contributed by atoms with E-state index in [0.29, 0.717) is 17.1 Å². The molecule has 0 saturated carbocycles. The standard InChI is InChI=1S/C21H24N2O3S/c1-26-21(25)19-16-8-4-5-9-17(16)27-20(19)22-18(24)13-23-11-10-14-6-2-3-7-15(14)12-23/h2-3,6-7H,4-5,8-13H2,1H3,(H,22,24). The number of carbonyl (C=O) groups excluding carboxylic acids is 2. The van der Waals surface area contributed by atoms with Crippen molar-refractivity contribution in [3.8, 4) is 0 Å². The van der Waals surface area contributed by atoms with Crippen molar-refractivity contribution in [2.75, 3.05) is 25.5 Å². The Labute approximate surface area is 163 Å². The zero-order valence-electron chi connectivity index (χ0n) is 15.5. The summed E-state index contributed by atoms with van der Waals surface area (Å²) >= 11 is 1.53. The number of anilines is 1. The maximum Gasteiger partial charge on any atom is 0.341 e. The Hall–Kier alpha value is -2.18. The lowest BCUT2D eigenvalue weighted by Crippen LogP contribution is -2.37. The van der Waals surface area contributed by atoms with E-state index in [1.54, 1.807) is 0 Å². The van der Waals surface area contributed by atoms with Crippen LogP contribution in [0, 0.1) is 0 Å². The highest BCUT2D eigenvalue weighted by Crippen LogP contribution is 2.38. The van der Waals surface area contributed by atoms with Crippen molar-refractivity contribution in [3.05, 3.63) is 51.4 Å². The molecule has 1 amide bonds. The summed E-state index contributed by atoms with van der Waals surface area (Å²) in [7, 11) is 1.39. The Morgan fingerprint density at radius 2 is 1.93 bits per heavy atom. The van der Waals surface area contributed by atoms with Crippen molar-refractivity contribution >= 4 is 28.2 Å². The van der Waals surface area contributed by atoms with E-state index in [9.17, 15) is 9.59 Å². The van der Waals surface area contributed by atoms with E-state index < -0.39 is 0 Å². The lowest BCUT2D eigenvalue weighted by atomic mass is 9.95. The lowest BCUT2D eigenvalue weighted by molar-refractivity contribution is -0.117. The lowest BCUT2D eigenvalue weighted by Gasteiger charge is -2.28. The number of benzene rings is 1. The van der Waals surface area contributed by atoms with Gasteiger partial charge < -0.3 is 10.1 Å². The molecule has 0 bridgehead atoms. The summed E-state index contributed by atoms with van der Waals surface area (Å²) in [6.45, 7) is 1.99. The van der Waals surface area contributed by atoms with Gasteiger partial charge in [0, 0.05) is 18.0 Å². The molecule has 2 heterocycles. The molecule has 0 radical (unpaired) electrons. The van der Waals surface area contributed by atoms with Gasteiger partial charge in [-0.25, -0.2) is 4.79 Å². The number of aryl methyl sites for hydroxylation is 1. The van der Waals surface area contributed by atoms with Crippen molar-refractivity contribution in [2.24, 2.45) is 0 Å². The minimum absolute atomic E-state index is 0.0712. The number of nitrogens with zero attached hydrogens (tertiary/aromatic N) is 1. The summed E-state index contributed by atoms with van der Waals surface area (Å²) in [5, 5.41) is 3.64. The van der Waals surface area contributed by atoms with Crippen LogP contribution in [0.3, 0.4) is 0 Å². The Morgan fingerprint density at radius 3 is 2.74 bits per heavy atom. The first-order valence-corrected chi connectivity index (χ1v) is 10.3. The van der Waals surface area contributed by atoms with E-state index in [2.05, 4.69) is 28.4 Å². The van der Waals surface area contributed by atoms with Gasteiger partial charge in [0.05, 0.1) is 19.2 Å². The van der Waals surface area contributed by atoms with Gasteiger partial charge in [-0.1, -0.05) is 24.3 Å². The van der Waals surface area contributed by atoms with E-state index >= 15 is 0 Å². The minimum Gasteiger partial charge on any atom is -0.465 e. The number of ether oxygens (including phenoxy) is 1. The van der Waals surface area contributed by atoms with Crippen LogP contribution in [0.2, 0.25) is 0 Å². The van der Waals surface area contributed by atoms with Crippen molar-refractivity contribution in [1.82, 2.24) is 4.90 Å². The van der Waals surface area contributed by atoms with Gasteiger partial charge in [0.25, 0.3) is 0 Å². The molecule has 142 valence electrons. The van der Waals surface area contributed by atoms with Crippen LogP contribution in [0.25, 0.3) is 0 Å². The molecule has 1 aromatic heterocycles. The number of amides is 1. The smallest absolute Gasteiger partial charge is 0.341 e. The molecule has 0 spiro atoms. The number of hydrogen-bond acceptors (Lipinski definition) is 5. The number of esters is 1. The van der Waals surface area contributed by atoms with Crippen molar-refractivity contribution in [3.63, 3.8) is 0 Å². The average molecular weight is 385 g/mol. The highest BCUT2D eigenvalue weighted by atomic mass is 32.1. The van der Waals surface area contributed by atoms with Crippen LogP contribution in [0.4, 0.5) is 5.00 Å². The van der Waals surface area contributed by atoms with Crippen molar-refractivity contribution in [1.29, 1.82) is 0 Å². The Morgan fingerprint density at radius 1 is 1.15 bits per heavy atom. The average Bonchev–Trinajstić information content (AvgIpc) is 3.04. The van der Waals surface area contributed by atoms with Gasteiger partial charge in [-0.05, 0) is 48.8 Å². The summed E-state index contributed by atoms with van der Waals surface area (Å²) in [6, 6.07) is 8.39. The minimum atomic E-state index is -0.350. The van der Waals surface area contributed by atoms with Gasteiger partial charge in [0.2, 0.25) is 5.91 Å². The maximum atomic E-state index is 12.7. The Balaban J connectivity index is 1.47. The number of carbonyl (C=O) groups is 2. The van der Waals surface area contributed by atoms with Crippen LogP contribution < -0.4 is 5.32 Å². The first-order valence-electron chi connectivity index (χ1n) is 9.47. The second-order valence-corrected chi connectivity index (χ2v) is 8.29. The van der Waals surface area contributed by atoms with Crippen molar-refractivity contribution in [2.45, 2.75) is 38.6 Å². The second kappa shape index (κ2) is 7.82. The molecule has 6 heteroatoms. The number of fused-ring (bicyclic) bond motifs is 2. The van der Waals surface area contributed by atoms with Crippen LogP contribution in [0.5, 0.6) is 0 Å².